The Morgan fingerprint density at radius 1 is 1.35 bits per heavy atom. The quantitative estimate of drug-likeness (QED) is 0.336. The van der Waals surface area contributed by atoms with Gasteiger partial charge in [-0.3, -0.25) is 0 Å². The lowest BCUT2D eigenvalue weighted by Gasteiger charge is -2.14. The van der Waals surface area contributed by atoms with E-state index in [0.29, 0.717) is 12.2 Å². The SMILES string of the molecule is CC(C)Oc1cccc2nc(Cl)nc(Nc3cnn(PI)c3)c12. The molecule has 0 bridgehead atoms. The summed E-state index contributed by atoms with van der Waals surface area (Å²) in [5, 5.41) is 8.50. The van der Waals surface area contributed by atoms with Gasteiger partial charge in [-0.1, -0.05) is 6.07 Å². The number of hydrogen-bond donors (Lipinski definition) is 1. The standard InChI is InChI=1S/C14H14ClIN5OP/c1-8(2)22-11-5-3-4-10-12(11)13(20-14(15)19-10)18-9-6-17-21(7-9)23-16/h3-8,23H,1-2H3,(H,18,19,20). The van der Waals surface area contributed by atoms with Crippen LogP contribution in [0.25, 0.3) is 10.9 Å². The molecule has 1 unspecified atom stereocenters. The predicted octanol–water partition coefficient (Wildman–Crippen LogP) is 4.80. The lowest BCUT2D eigenvalue weighted by atomic mass is 10.2. The van der Waals surface area contributed by atoms with Crippen molar-refractivity contribution >= 4 is 62.4 Å². The van der Waals surface area contributed by atoms with Gasteiger partial charge >= 0.3 is 0 Å². The van der Waals surface area contributed by atoms with Crippen LogP contribution in [0.1, 0.15) is 13.8 Å². The van der Waals surface area contributed by atoms with Crippen LogP contribution >= 0.6 is 40.0 Å². The molecule has 6 nitrogen and oxygen atoms in total. The molecule has 0 saturated heterocycles. The Hall–Kier alpha value is -1.18. The third-order valence-corrected chi connectivity index (χ3v) is 5.02. The first-order valence-electron chi connectivity index (χ1n) is 6.88. The minimum absolute atomic E-state index is 0.0482. The summed E-state index contributed by atoms with van der Waals surface area (Å²) in [6.07, 6.45) is 4.25. The lowest BCUT2D eigenvalue weighted by molar-refractivity contribution is 0.245. The molecule has 23 heavy (non-hydrogen) atoms. The van der Waals surface area contributed by atoms with Gasteiger partial charge in [0.05, 0.1) is 41.5 Å². The number of hydrogen-bond acceptors (Lipinski definition) is 5. The molecule has 0 aliphatic carbocycles. The average molecular weight is 462 g/mol. The second-order valence-corrected chi connectivity index (χ2v) is 7.45. The molecule has 2 aromatic heterocycles. The fourth-order valence-electron chi connectivity index (χ4n) is 2.14. The van der Waals surface area contributed by atoms with Crippen LogP contribution in [-0.4, -0.2) is 25.6 Å². The highest BCUT2D eigenvalue weighted by Gasteiger charge is 2.14. The highest BCUT2D eigenvalue weighted by atomic mass is 127. The van der Waals surface area contributed by atoms with Gasteiger partial charge in [-0.25, -0.2) is 9.44 Å². The van der Waals surface area contributed by atoms with Crippen molar-refractivity contribution in [2.45, 2.75) is 20.0 Å². The van der Waals surface area contributed by atoms with Crippen molar-refractivity contribution in [3.05, 3.63) is 35.9 Å². The Labute approximate surface area is 153 Å². The van der Waals surface area contributed by atoms with E-state index in [9.17, 15) is 0 Å². The van der Waals surface area contributed by atoms with Crippen LogP contribution in [-0.2, 0) is 0 Å². The summed E-state index contributed by atoms with van der Waals surface area (Å²) in [5.74, 6) is 1.33. The highest BCUT2D eigenvalue weighted by Crippen LogP contribution is 2.34. The monoisotopic (exact) mass is 461 g/mol. The topological polar surface area (TPSA) is 64.9 Å². The van der Waals surface area contributed by atoms with Gasteiger partial charge in [0.15, 0.2) is 0 Å². The molecule has 2 heterocycles. The van der Waals surface area contributed by atoms with E-state index in [2.05, 4.69) is 42.4 Å². The van der Waals surface area contributed by atoms with Gasteiger partial charge in [-0.05, 0) is 59.6 Å². The van der Waals surface area contributed by atoms with E-state index in [-0.39, 0.29) is 11.4 Å². The minimum Gasteiger partial charge on any atom is -0.490 e. The molecule has 9 heteroatoms. The normalized spacial score (nSPS) is 11.7. The van der Waals surface area contributed by atoms with Gasteiger partial charge in [0, 0.05) is 0 Å². The van der Waals surface area contributed by atoms with E-state index >= 15 is 0 Å². The lowest BCUT2D eigenvalue weighted by Crippen LogP contribution is -2.07. The number of halogens is 2. The second-order valence-electron chi connectivity index (χ2n) is 5.04. The molecular weight excluding hydrogens is 448 g/mol. The number of rotatable bonds is 5. The Morgan fingerprint density at radius 3 is 2.87 bits per heavy atom. The van der Waals surface area contributed by atoms with Crippen molar-refractivity contribution in [3.8, 4) is 5.75 Å². The van der Waals surface area contributed by atoms with Crippen molar-refractivity contribution in [3.63, 3.8) is 0 Å². The van der Waals surface area contributed by atoms with E-state index < -0.39 is 0 Å². The van der Waals surface area contributed by atoms with E-state index in [1.807, 2.05) is 42.7 Å². The summed E-state index contributed by atoms with van der Waals surface area (Å²) in [6.45, 7) is 3.96. The molecule has 0 aliphatic rings. The molecule has 3 aromatic rings. The Balaban J connectivity index is 2.09. The van der Waals surface area contributed by atoms with Gasteiger partial charge in [0.1, 0.15) is 11.6 Å². The smallest absolute Gasteiger partial charge is 0.224 e. The van der Waals surface area contributed by atoms with E-state index in [1.165, 1.54) is 0 Å². The van der Waals surface area contributed by atoms with Gasteiger partial charge in [-0.15, -0.1) is 0 Å². The molecule has 0 fully saturated rings. The molecule has 0 radical (unpaired) electrons. The van der Waals surface area contributed by atoms with Crippen molar-refractivity contribution < 1.29 is 4.74 Å². The maximum atomic E-state index is 6.06. The summed E-state index contributed by atoms with van der Waals surface area (Å²) < 4.78 is 7.73. The minimum atomic E-state index is 0.0482. The summed E-state index contributed by atoms with van der Waals surface area (Å²) in [7, 11) is 0. The van der Waals surface area contributed by atoms with Crippen LogP contribution in [0, 0.1) is 0 Å². The molecule has 0 amide bonds. The number of anilines is 2. The number of ether oxygens (including phenoxy) is 1. The van der Waals surface area contributed by atoms with Crippen molar-refractivity contribution in [1.29, 1.82) is 0 Å². The molecule has 120 valence electrons. The fraction of sp³-hybridized carbons (Fsp3) is 0.214. The first kappa shape index (κ1) is 16.7. The highest BCUT2D eigenvalue weighted by molar-refractivity contribution is 14.2. The molecule has 1 N–H and O–H groups in total. The molecule has 0 spiro atoms. The van der Waals surface area contributed by atoms with Crippen molar-refractivity contribution in [1.82, 2.24) is 19.5 Å². The van der Waals surface area contributed by atoms with Crippen LogP contribution < -0.4 is 10.1 Å². The van der Waals surface area contributed by atoms with Crippen molar-refractivity contribution in [2.24, 2.45) is 0 Å². The van der Waals surface area contributed by atoms with E-state index in [1.54, 1.807) is 6.20 Å². The number of nitrogens with zero attached hydrogens (tertiary/aromatic N) is 4. The van der Waals surface area contributed by atoms with Gasteiger partial charge in [-0.2, -0.15) is 10.1 Å². The maximum Gasteiger partial charge on any atom is 0.224 e. The average Bonchev–Trinajstić information content (AvgIpc) is 2.94. The second kappa shape index (κ2) is 7.15. The number of aromatic nitrogens is 4. The molecule has 0 aliphatic heterocycles. The van der Waals surface area contributed by atoms with Crippen LogP contribution in [0.2, 0.25) is 5.28 Å². The van der Waals surface area contributed by atoms with E-state index in [4.69, 9.17) is 16.3 Å². The van der Waals surface area contributed by atoms with Crippen LogP contribution in [0.4, 0.5) is 11.5 Å². The number of nitrogens with one attached hydrogen (secondary N) is 1. The van der Waals surface area contributed by atoms with E-state index in [0.717, 1.165) is 22.3 Å². The third-order valence-electron chi connectivity index (χ3n) is 2.95. The predicted molar refractivity (Wildman–Crippen MR) is 104 cm³/mol. The summed E-state index contributed by atoms with van der Waals surface area (Å²) in [6, 6.07) is 5.68. The Kier molecular flexibility index (Phi) is 5.18. The van der Waals surface area contributed by atoms with Crippen LogP contribution in [0.5, 0.6) is 5.75 Å². The van der Waals surface area contributed by atoms with Crippen molar-refractivity contribution in [2.75, 3.05) is 5.32 Å². The van der Waals surface area contributed by atoms with Crippen LogP contribution in [0.15, 0.2) is 30.6 Å². The van der Waals surface area contributed by atoms with Gasteiger partial charge in [0.2, 0.25) is 5.28 Å². The molecule has 1 aromatic carbocycles. The Bertz CT molecular complexity index is 841. The summed E-state index contributed by atoms with van der Waals surface area (Å²) >= 11 is 8.33. The van der Waals surface area contributed by atoms with Crippen LogP contribution in [0.3, 0.4) is 0 Å². The molecular formula is C14H14ClIN5OP. The summed E-state index contributed by atoms with van der Waals surface area (Å²) in [4.78, 5) is 8.61. The Morgan fingerprint density at radius 2 is 2.17 bits per heavy atom. The molecule has 3 rings (SSSR count). The van der Waals surface area contributed by atoms with Gasteiger partial charge in [0.25, 0.3) is 0 Å². The first-order valence-corrected chi connectivity index (χ1v) is 11.3. The molecule has 1 atom stereocenters. The first-order chi connectivity index (χ1) is 11.1. The number of fused-ring (bicyclic) bond motifs is 1. The largest absolute Gasteiger partial charge is 0.490 e. The maximum absolute atomic E-state index is 6.06. The van der Waals surface area contributed by atoms with Gasteiger partial charge < -0.3 is 10.1 Å². The zero-order valence-corrected chi connectivity index (χ0v) is 16.3. The number of benzene rings is 1. The zero-order chi connectivity index (χ0) is 16.4. The molecule has 0 saturated carbocycles. The zero-order valence-electron chi connectivity index (χ0n) is 12.4. The summed E-state index contributed by atoms with van der Waals surface area (Å²) in [5.41, 5.74) is 1.57. The third kappa shape index (κ3) is 3.84. The fourth-order valence-corrected chi connectivity index (χ4v) is 3.39.